The number of phenolic OH excluding ortho intramolecular Hbond substituents is 1. The molecular weight excluding hydrogens is 1080 g/mol. The highest BCUT2D eigenvalue weighted by Crippen LogP contribution is 2.26. The highest BCUT2D eigenvalue weighted by Gasteiger charge is 2.21. The van der Waals surface area contributed by atoms with Crippen molar-refractivity contribution in [2.45, 2.75) is 0 Å². The zero-order valence-electron chi connectivity index (χ0n) is 45.2. The van der Waals surface area contributed by atoms with E-state index in [1.165, 1.54) is 52.7 Å². The van der Waals surface area contributed by atoms with E-state index in [-0.39, 0.29) is 34.6 Å². The molecule has 4 aromatic heterocycles. The van der Waals surface area contributed by atoms with Crippen molar-refractivity contribution in [3.05, 3.63) is 156 Å². The number of anilines is 2. The minimum absolute atomic E-state index is 0.0711. The summed E-state index contributed by atoms with van der Waals surface area (Å²) in [6, 6.07) is 32.0. The summed E-state index contributed by atoms with van der Waals surface area (Å²) in [5, 5.41) is 10.1. The second-order valence-corrected chi connectivity index (χ2v) is 18.0. The molecule has 0 fully saturated rings. The van der Waals surface area contributed by atoms with Gasteiger partial charge in [-0.3, -0.25) is 0 Å². The van der Waals surface area contributed by atoms with Gasteiger partial charge < -0.3 is 66.3 Å². The first-order chi connectivity index (χ1) is 38.2. The van der Waals surface area contributed by atoms with Crippen LogP contribution in [-0.4, -0.2) is 156 Å². The summed E-state index contributed by atoms with van der Waals surface area (Å²) < 4.78 is 50.4. The van der Waals surface area contributed by atoms with Crippen LogP contribution in [0.2, 0.25) is 0 Å². The van der Waals surface area contributed by atoms with Gasteiger partial charge in [0.25, 0.3) is 0 Å². The largest absolute Gasteiger partial charge is 0.508 e. The van der Waals surface area contributed by atoms with Gasteiger partial charge in [-0.1, -0.05) is 15.9 Å². The van der Waals surface area contributed by atoms with E-state index in [1.54, 1.807) is 24.3 Å². The van der Waals surface area contributed by atoms with Crippen LogP contribution in [0.1, 0.15) is 41.4 Å². The second-order valence-electron chi connectivity index (χ2n) is 17.3. The van der Waals surface area contributed by atoms with E-state index >= 15 is 0 Å². The standard InChI is InChI=1S/C29H31N3O7.C15H15N3O.C14H17BrO6/c1-31(2)21-11-12-32-19-26(30-27(32)17-21)20-5-7-22(8-6-20)38-15-13-37-14-16-39-23-9-10-24(28(33)35-3)25(18-23)29(34)36-4;1-17(2)12-7-8-18-10-14(16-15(18)9-12)11-3-5-13(19)6-4-11;1-18-13(16)11-4-3-10(9-12(11)14(17)19-2)21-8-7-20-6-5-15/h5-12,17-19H,13-16H2,1-4H3;3-10,19H,1-2H3;3-4,9H,5-8H2,1-2H3. The van der Waals surface area contributed by atoms with Crippen LogP contribution in [0.15, 0.2) is 134 Å². The predicted molar refractivity (Wildman–Crippen MR) is 302 cm³/mol. The molecule has 0 unspecified atom stereocenters. The van der Waals surface area contributed by atoms with Gasteiger partial charge in [0, 0.05) is 92.9 Å². The number of carbonyl (C=O) groups excluding carboxylic acids is 4. The molecule has 0 spiro atoms. The predicted octanol–water partition coefficient (Wildman–Crippen LogP) is 8.94. The molecule has 1 N–H and O–H groups in total. The molecule has 8 aromatic rings. The third-order valence-electron chi connectivity index (χ3n) is 11.5. The SMILES string of the molecule is CN(C)c1ccn2cc(-c3ccc(O)cc3)nc2c1.COC(=O)c1ccc(OCCOCCBr)cc1C(=O)OC.COC(=O)c1ccc(OCCOCCOc2ccc(-c3cn4ccc(N(C)C)cc4n3)cc2)cc1C(=O)OC. The van der Waals surface area contributed by atoms with Crippen molar-refractivity contribution in [2.24, 2.45) is 0 Å². The number of esters is 4. The number of phenols is 1. The quantitative estimate of drug-likeness (QED) is 0.0290. The van der Waals surface area contributed by atoms with Crippen molar-refractivity contribution in [2.75, 3.05) is 118 Å². The number of rotatable bonds is 22. The van der Waals surface area contributed by atoms with Gasteiger partial charge in [-0.25, -0.2) is 29.1 Å². The molecule has 0 saturated heterocycles. The van der Waals surface area contributed by atoms with E-state index in [0.717, 1.165) is 56.3 Å². The van der Waals surface area contributed by atoms with E-state index in [0.29, 0.717) is 51.1 Å². The highest BCUT2D eigenvalue weighted by atomic mass is 79.9. The summed E-state index contributed by atoms with van der Waals surface area (Å²) in [7, 11) is 13.0. The van der Waals surface area contributed by atoms with Crippen molar-refractivity contribution in [3.63, 3.8) is 0 Å². The number of aromatic hydroxyl groups is 1. The Bertz CT molecular complexity index is 3290. The van der Waals surface area contributed by atoms with Crippen molar-refractivity contribution in [1.29, 1.82) is 0 Å². The van der Waals surface area contributed by atoms with Gasteiger partial charge in [-0.2, -0.15) is 0 Å². The number of aromatic nitrogens is 4. The van der Waals surface area contributed by atoms with Crippen molar-refractivity contribution < 1.29 is 66.9 Å². The summed E-state index contributed by atoms with van der Waals surface area (Å²) in [6.07, 6.45) is 8.00. The van der Waals surface area contributed by atoms with Gasteiger partial charge >= 0.3 is 23.9 Å². The Hall–Kier alpha value is -8.66. The van der Waals surface area contributed by atoms with Crippen LogP contribution in [0.3, 0.4) is 0 Å². The number of benzene rings is 4. The van der Waals surface area contributed by atoms with Crippen LogP contribution in [0.5, 0.6) is 23.0 Å². The molecule has 8 rings (SSSR count). The number of ether oxygens (including phenoxy) is 9. The Balaban J connectivity index is 0.000000211. The maximum Gasteiger partial charge on any atom is 0.338 e. The fourth-order valence-corrected chi connectivity index (χ4v) is 7.63. The number of nitrogens with zero attached hydrogens (tertiary/aromatic N) is 6. The average Bonchev–Trinajstić information content (AvgIpc) is 4.18. The molecule has 21 heteroatoms. The van der Waals surface area contributed by atoms with Crippen LogP contribution >= 0.6 is 15.9 Å². The van der Waals surface area contributed by atoms with Crippen LogP contribution in [0, 0.1) is 0 Å². The molecule has 0 aliphatic carbocycles. The van der Waals surface area contributed by atoms with Gasteiger partial charge in [0.15, 0.2) is 0 Å². The second kappa shape index (κ2) is 29.7. The lowest BCUT2D eigenvalue weighted by atomic mass is 10.1. The maximum absolute atomic E-state index is 12.0. The fraction of sp³-hybridized carbons (Fsp3) is 0.276. The number of fused-ring (bicyclic) bond motifs is 2. The maximum atomic E-state index is 12.0. The Kier molecular flexibility index (Phi) is 22.4. The number of hydrogen-bond acceptors (Lipinski definition) is 18. The number of pyridine rings is 2. The number of imidazole rings is 2. The van der Waals surface area contributed by atoms with Crippen LogP contribution in [0.25, 0.3) is 33.8 Å². The topological polar surface area (TPSA) is 213 Å². The van der Waals surface area contributed by atoms with E-state index in [2.05, 4.69) is 41.4 Å². The number of carbonyl (C=O) groups is 4. The minimum atomic E-state index is -0.653. The van der Waals surface area contributed by atoms with E-state index < -0.39 is 23.9 Å². The van der Waals surface area contributed by atoms with Crippen molar-refractivity contribution in [3.8, 4) is 45.5 Å². The number of hydrogen-bond donors (Lipinski definition) is 1. The number of alkyl halides is 1. The zero-order valence-corrected chi connectivity index (χ0v) is 46.8. The Morgan fingerprint density at radius 2 is 0.835 bits per heavy atom. The molecule has 0 amide bonds. The molecule has 4 heterocycles. The Morgan fingerprint density at radius 3 is 1.23 bits per heavy atom. The van der Waals surface area contributed by atoms with Crippen molar-refractivity contribution >= 4 is 62.5 Å². The third-order valence-corrected chi connectivity index (χ3v) is 11.9. The summed E-state index contributed by atoms with van der Waals surface area (Å²) in [5.41, 5.74) is 8.21. The Morgan fingerprint density at radius 1 is 0.468 bits per heavy atom. The molecule has 0 aliphatic heterocycles. The minimum Gasteiger partial charge on any atom is -0.508 e. The molecule has 0 radical (unpaired) electrons. The summed E-state index contributed by atoms with van der Waals surface area (Å²) in [6.45, 7) is 2.68. The third kappa shape index (κ3) is 16.9. The zero-order chi connectivity index (χ0) is 56.8. The molecule has 416 valence electrons. The molecule has 0 saturated carbocycles. The Labute approximate surface area is 466 Å². The van der Waals surface area contributed by atoms with Gasteiger partial charge in [-0.15, -0.1) is 0 Å². The molecule has 0 bridgehead atoms. The molecule has 20 nitrogen and oxygen atoms in total. The van der Waals surface area contributed by atoms with Gasteiger partial charge in [0.1, 0.15) is 54.1 Å². The lowest BCUT2D eigenvalue weighted by molar-refractivity contribution is 0.0554. The molecule has 79 heavy (non-hydrogen) atoms. The average molecular weight is 1150 g/mol. The number of methoxy groups -OCH3 is 4. The fourth-order valence-electron chi connectivity index (χ4n) is 7.40. The smallest absolute Gasteiger partial charge is 0.338 e. The van der Waals surface area contributed by atoms with Crippen LogP contribution in [0.4, 0.5) is 11.4 Å². The summed E-state index contributed by atoms with van der Waals surface area (Å²) in [5.74, 6) is -0.662. The van der Waals surface area contributed by atoms with Crippen LogP contribution in [-0.2, 0) is 28.4 Å². The molecule has 0 aliphatic rings. The van der Waals surface area contributed by atoms with E-state index in [4.69, 9.17) is 38.1 Å². The van der Waals surface area contributed by atoms with Gasteiger partial charge in [0.05, 0.1) is 88.5 Å². The summed E-state index contributed by atoms with van der Waals surface area (Å²) in [4.78, 5) is 60.6. The molecule has 4 aromatic carbocycles. The van der Waals surface area contributed by atoms with Crippen molar-refractivity contribution in [1.82, 2.24) is 18.8 Å². The van der Waals surface area contributed by atoms with Gasteiger partial charge in [-0.05, 0) is 97.1 Å². The summed E-state index contributed by atoms with van der Waals surface area (Å²) >= 11 is 3.25. The highest BCUT2D eigenvalue weighted by molar-refractivity contribution is 9.09. The van der Waals surface area contributed by atoms with Crippen LogP contribution < -0.4 is 24.0 Å². The number of halogens is 1. The first-order valence-corrected chi connectivity index (χ1v) is 25.7. The van der Waals surface area contributed by atoms with E-state index in [1.807, 2.05) is 121 Å². The normalized spacial score (nSPS) is 10.6. The van der Waals surface area contributed by atoms with E-state index in [9.17, 15) is 24.3 Å². The lowest BCUT2D eigenvalue weighted by Crippen LogP contribution is -2.14. The lowest BCUT2D eigenvalue weighted by Gasteiger charge is -2.11. The molecular formula is C58H63BrN6O14. The monoisotopic (exact) mass is 1150 g/mol. The first kappa shape index (κ1) is 59.6. The first-order valence-electron chi connectivity index (χ1n) is 24.6. The molecule has 0 atom stereocenters. The van der Waals surface area contributed by atoms with Gasteiger partial charge in [0.2, 0.25) is 0 Å².